The molecule has 6 heteroatoms. The minimum Gasteiger partial charge on any atom is -0.462 e. The van der Waals surface area contributed by atoms with Gasteiger partial charge in [-0.05, 0) is 25.5 Å². The Balaban J connectivity index is 2.20. The number of thiazole rings is 1. The molecule has 0 aliphatic rings. The van der Waals surface area contributed by atoms with Crippen molar-refractivity contribution in [1.82, 2.24) is 4.98 Å². The van der Waals surface area contributed by atoms with E-state index >= 15 is 0 Å². The van der Waals surface area contributed by atoms with Crippen LogP contribution in [0.2, 0.25) is 0 Å². The van der Waals surface area contributed by atoms with E-state index in [9.17, 15) is 9.59 Å². The quantitative estimate of drug-likeness (QED) is 0.862. The van der Waals surface area contributed by atoms with E-state index in [4.69, 9.17) is 4.74 Å². The molecule has 0 saturated heterocycles. The maximum absolute atomic E-state index is 12.3. The summed E-state index contributed by atoms with van der Waals surface area (Å²) in [5.41, 5.74) is 0.535. The van der Waals surface area contributed by atoms with Crippen molar-refractivity contribution in [3.05, 3.63) is 46.5 Å². The highest BCUT2D eigenvalue weighted by Gasteiger charge is 2.18. The lowest BCUT2D eigenvalue weighted by molar-refractivity contribution is 0.0523. The van der Waals surface area contributed by atoms with Gasteiger partial charge in [0, 0.05) is 11.1 Å². The standard InChI is InChI=1S/C15H16N2O3S/c1-3-10-9-16-15(21-10)17-13(18)11-7-5-6-8-12(11)14(19)20-4-2/h5-9H,3-4H2,1-2H3,(H,16,17,18). The molecule has 110 valence electrons. The number of aryl methyl sites for hydroxylation is 1. The zero-order valence-corrected chi connectivity index (χ0v) is 12.7. The SMILES string of the molecule is CCOC(=O)c1ccccc1C(=O)Nc1ncc(CC)s1. The van der Waals surface area contributed by atoms with Crippen LogP contribution in [0.25, 0.3) is 0 Å². The van der Waals surface area contributed by atoms with Crippen molar-refractivity contribution in [1.29, 1.82) is 0 Å². The molecule has 0 saturated carbocycles. The number of benzene rings is 1. The Morgan fingerprint density at radius 1 is 1.24 bits per heavy atom. The minimum atomic E-state index is -0.503. The number of hydrogen-bond acceptors (Lipinski definition) is 5. The summed E-state index contributed by atoms with van der Waals surface area (Å²) < 4.78 is 4.96. The van der Waals surface area contributed by atoms with Gasteiger partial charge in [0.1, 0.15) is 0 Å². The van der Waals surface area contributed by atoms with Crippen LogP contribution < -0.4 is 5.32 Å². The van der Waals surface area contributed by atoms with Gasteiger partial charge in [-0.15, -0.1) is 11.3 Å². The van der Waals surface area contributed by atoms with E-state index in [-0.39, 0.29) is 23.6 Å². The summed E-state index contributed by atoms with van der Waals surface area (Å²) in [4.78, 5) is 29.4. The van der Waals surface area contributed by atoms with Crippen LogP contribution in [0.15, 0.2) is 30.5 Å². The zero-order chi connectivity index (χ0) is 15.2. The second-order valence-corrected chi connectivity index (χ2v) is 5.32. The van der Waals surface area contributed by atoms with Gasteiger partial charge in [0.15, 0.2) is 5.13 Å². The van der Waals surface area contributed by atoms with Crippen molar-refractivity contribution < 1.29 is 14.3 Å². The van der Waals surface area contributed by atoms with Gasteiger partial charge in [-0.1, -0.05) is 19.1 Å². The number of ether oxygens (including phenoxy) is 1. The van der Waals surface area contributed by atoms with Crippen LogP contribution in [-0.4, -0.2) is 23.5 Å². The highest BCUT2D eigenvalue weighted by Crippen LogP contribution is 2.20. The molecule has 1 aromatic carbocycles. The lowest BCUT2D eigenvalue weighted by atomic mass is 10.1. The third-order valence-corrected chi connectivity index (χ3v) is 3.85. The van der Waals surface area contributed by atoms with Crippen LogP contribution in [0.4, 0.5) is 5.13 Å². The molecular formula is C15H16N2O3S. The molecule has 2 rings (SSSR count). The third-order valence-electron chi connectivity index (χ3n) is 2.79. The molecule has 0 aliphatic heterocycles. The van der Waals surface area contributed by atoms with Gasteiger partial charge < -0.3 is 4.74 Å². The van der Waals surface area contributed by atoms with Gasteiger partial charge in [0.2, 0.25) is 0 Å². The number of carbonyl (C=O) groups is 2. The molecular weight excluding hydrogens is 288 g/mol. The Bertz CT molecular complexity index is 652. The summed E-state index contributed by atoms with van der Waals surface area (Å²) in [6, 6.07) is 6.57. The molecule has 1 heterocycles. The number of hydrogen-bond donors (Lipinski definition) is 1. The van der Waals surface area contributed by atoms with Crippen molar-refractivity contribution in [2.75, 3.05) is 11.9 Å². The normalized spacial score (nSPS) is 10.2. The molecule has 1 amide bonds. The summed E-state index contributed by atoms with van der Waals surface area (Å²) in [7, 11) is 0. The molecule has 0 aliphatic carbocycles. The molecule has 0 atom stereocenters. The number of anilines is 1. The van der Waals surface area contributed by atoms with E-state index in [1.807, 2.05) is 6.92 Å². The fraction of sp³-hybridized carbons (Fsp3) is 0.267. The van der Waals surface area contributed by atoms with E-state index in [0.29, 0.717) is 5.13 Å². The van der Waals surface area contributed by atoms with Gasteiger partial charge in [0.25, 0.3) is 5.91 Å². The second kappa shape index (κ2) is 6.99. The van der Waals surface area contributed by atoms with Gasteiger partial charge >= 0.3 is 5.97 Å². The maximum atomic E-state index is 12.3. The predicted octanol–water partition coefficient (Wildman–Crippen LogP) is 3.13. The average Bonchev–Trinajstić information content (AvgIpc) is 2.95. The molecule has 0 bridgehead atoms. The molecule has 0 fully saturated rings. The molecule has 5 nitrogen and oxygen atoms in total. The lowest BCUT2D eigenvalue weighted by Gasteiger charge is -2.07. The lowest BCUT2D eigenvalue weighted by Crippen LogP contribution is -2.17. The first-order valence-corrected chi connectivity index (χ1v) is 7.49. The van der Waals surface area contributed by atoms with Gasteiger partial charge in [0.05, 0.1) is 17.7 Å². The molecule has 1 N–H and O–H groups in total. The van der Waals surface area contributed by atoms with Gasteiger partial charge in [-0.25, -0.2) is 9.78 Å². The van der Waals surface area contributed by atoms with E-state index < -0.39 is 5.97 Å². The van der Waals surface area contributed by atoms with Gasteiger partial charge in [-0.2, -0.15) is 0 Å². The van der Waals surface area contributed by atoms with Crippen LogP contribution in [0.1, 0.15) is 39.4 Å². The predicted molar refractivity (Wildman–Crippen MR) is 81.8 cm³/mol. The Morgan fingerprint density at radius 3 is 2.57 bits per heavy atom. The second-order valence-electron chi connectivity index (χ2n) is 4.21. The summed E-state index contributed by atoms with van der Waals surface area (Å²) >= 11 is 1.42. The van der Waals surface area contributed by atoms with Crippen molar-refractivity contribution in [2.24, 2.45) is 0 Å². The van der Waals surface area contributed by atoms with Crippen molar-refractivity contribution in [2.45, 2.75) is 20.3 Å². The number of rotatable bonds is 5. The average molecular weight is 304 g/mol. The Kier molecular flexibility index (Phi) is 5.05. The fourth-order valence-corrected chi connectivity index (χ4v) is 2.51. The third kappa shape index (κ3) is 3.66. The van der Waals surface area contributed by atoms with Crippen LogP contribution >= 0.6 is 11.3 Å². The summed E-state index contributed by atoms with van der Waals surface area (Å²) in [6.45, 7) is 4.01. The molecule has 0 unspecified atom stereocenters. The van der Waals surface area contributed by atoms with Crippen LogP contribution in [0.5, 0.6) is 0 Å². The summed E-state index contributed by atoms with van der Waals surface area (Å²) in [5, 5.41) is 3.23. The fourth-order valence-electron chi connectivity index (χ4n) is 1.76. The highest BCUT2D eigenvalue weighted by atomic mass is 32.1. The first-order chi connectivity index (χ1) is 10.2. The summed E-state index contributed by atoms with van der Waals surface area (Å²) in [6.07, 6.45) is 2.60. The smallest absolute Gasteiger partial charge is 0.338 e. The number of esters is 1. The molecule has 1 aromatic heterocycles. The molecule has 0 spiro atoms. The van der Waals surface area contributed by atoms with Crippen molar-refractivity contribution >= 4 is 28.3 Å². The number of carbonyl (C=O) groups excluding carboxylic acids is 2. The maximum Gasteiger partial charge on any atom is 0.338 e. The van der Waals surface area contributed by atoms with Crippen LogP contribution in [0.3, 0.4) is 0 Å². The largest absolute Gasteiger partial charge is 0.462 e. The molecule has 0 radical (unpaired) electrons. The topological polar surface area (TPSA) is 68.3 Å². The number of amides is 1. The molecule has 21 heavy (non-hydrogen) atoms. The van der Waals surface area contributed by atoms with Crippen molar-refractivity contribution in [3.8, 4) is 0 Å². The monoisotopic (exact) mass is 304 g/mol. The Labute approximate surface area is 127 Å². The first kappa shape index (κ1) is 15.2. The number of nitrogens with one attached hydrogen (secondary N) is 1. The van der Waals surface area contributed by atoms with Crippen LogP contribution in [0, 0.1) is 0 Å². The molecule has 2 aromatic rings. The number of aromatic nitrogens is 1. The first-order valence-electron chi connectivity index (χ1n) is 6.67. The summed E-state index contributed by atoms with van der Waals surface area (Å²) in [5.74, 6) is -0.868. The van der Waals surface area contributed by atoms with E-state index in [1.54, 1.807) is 37.4 Å². The van der Waals surface area contributed by atoms with E-state index in [2.05, 4.69) is 10.3 Å². The Hall–Kier alpha value is -2.21. The van der Waals surface area contributed by atoms with Gasteiger partial charge in [-0.3, -0.25) is 10.1 Å². The number of nitrogens with zero attached hydrogens (tertiary/aromatic N) is 1. The zero-order valence-electron chi connectivity index (χ0n) is 11.9. The van der Waals surface area contributed by atoms with E-state index in [0.717, 1.165) is 11.3 Å². The van der Waals surface area contributed by atoms with Crippen LogP contribution in [-0.2, 0) is 11.2 Å². The van der Waals surface area contributed by atoms with Crippen molar-refractivity contribution in [3.63, 3.8) is 0 Å². The minimum absolute atomic E-state index is 0.254. The highest BCUT2D eigenvalue weighted by molar-refractivity contribution is 7.15. The Morgan fingerprint density at radius 2 is 1.95 bits per heavy atom. The van der Waals surface area contributed by atoms with E-state index in [1.165, 1.54) is 11.3 Å².